The molecule has 5 nitrogen and oxygen atoms in total. The Morgan fingerprint density at radius 3 is 2.08 bits per heavy atom. The molecular formula is C8H12O5. The molecule has 0 aliphatic carbocycles. The molecule has 0 radical (unpaired) electrons. The van der Waals surface area contributed by atoms with Crippen LogP contribution in [-0.2, 0) is 24.2 Å². The van der Waals surface area contributed by atoms with E-state index in [4.69, 9.17) is 0 Å². The molecule has 0 rings (SSSR count). The Hall–Kier alpha value is -1.39. The zero-order valence-corrected chi connectivity index (χ0v) is 7.83. The van der Waals surface area contributed by atoms with Gasteiger partial charge in [-0.05, 0) is 6.92 Å². The van der Waals surface area contributed by atoms with Crippen LogP contribution in [0.4, 0.5) is 0 Å². The highest BCUT2D eigenvalue weighted by molar-refractivity contribution is 5.94. The molecule has 0 N–H and O–H groups in total. The van der Waals surface area contributed by atoms with E-state index >= 15 is 0 Å². The largest absolute Gasteiger partial charge is 0.362 e. The van der Waals surface area contributed by atoms with Crippen LogP contribution in [0.15, 0.2) is 0 Å². The molecule has 0 heterocycles. The summed E-state index contributed by atoms with van der Waals surface area (Å²) in [6.07, 6.45) is -0.384. The molecule has 0 aromatic rings. The van der Waals surface area contributed by atoms with E-state index in [1.54, 1.807) is 13.8 Å². The maximum Gasteiger partial charge on any atom is 0.362 e. The summed E-state index contributed by atoms with van der Waals surface area (Å²) < 4.78 is 0. The third kappa shape index (κ3) is 5.84. The van der Waals surface area contributed by atoms with Crippen molar-refractivity contribution in [1.82, 2.24) is 0 Å². The number of Topliss-reactive ketones (excluding diaryl/α,β-unsaturated/α-hetero) is 1. The monoisotopic (exact) mass is 188 g/mol. The van der Waals surface area contributed by atoms with Crippen molar-refractivity contribution < 1.29 is 24.2 Å². The number of hydrogen-bond acceptors (Lipinski definition) is 5. The fourth-order valence-electron chi connectivity index (χ4n) is 0.416. The van der Waals surface area contributed by atoms with Gasteiger partial charge in [0.2, 0.25) is 0 Å². The Bertz CT molecular complexity index is 219. The zero-order chi connectivity index (χ0) is 10.4. The molecule has 0 aliphatic heterocycles. The van der Waals surface area contributed by atoms with Crippen molar-refractivity contribution >= 4 is 17.7 Å². The van der Waals surface area contributed by atoms with Gasteiger partial charge in [0.15, 0.2) is 0 Å². The van der Waals surface area contributed by atoms with E-state index in [1.165, 1.54) is 6.92 Å². The van der Waals surface area contributed by atoms with Gasteiger partial charge >= 0.3 is 11.9 Å². The van der Waals surface area contributed by atoms with E-state index in [2.05, 4.69) is 9.78 Å². The second-order valence-electron chi connectivity index (χ2n) is 2.89. The number of carbonyl (C=O) groups is 3. The standard InChI is InChI=1S/C8H12O5/c1-5(2)8(11)13-12-7(10)4-6(3)9/h5H,4H2,1-3H3. The van der Waals surface area contributed by atoms with Gasteiger partial charge in [-0.1, -0.05) is 13.8 Å². The summed E-state index contributed by atoms with van der Waals surface area (Å²) in [4.78, 5) is 40.0. The van der Waals surface area contributed by atoms with Gasteiger partial charge in [-0.3, -0.25) is 4.79 Å². The van der Waals surface area contributed by atoms with Crippen LogP contribution in [0.25, 0.3) is 0 Å². The van der Waals surface area contributed by atoms with Crippen molar-refractivity contribution in [2.24, 2.45) is 5.92 Å². The molecule has 0 aromatic carbocycles. The Balaban J connectivity index is 3.70. The minimum atomic E-state index is -0.860. The second kappa shape index (κ2) is 5.29. The van der Waals surface area contributed by atoms with E-state index in [0.29, 0.717) is 0 Å². The minimum absolute atomic E-state index is 0.342. The summed E-state index contributed by atoms with van der Waals surface area (Å²) in [5.74, 6) is -2.21. The van der Waals surface area contributed by atoms with Crippen molar-refractivity contribution in [1.29, 1.82) is 0 Å². The Kier molecular flexibility index (Phi) is 4.72. The molecule has 0 fully saturated rings. The third-order valence-electron chi connectivity index (χ3n) is 1.08. The first-order valence-corrected chi connectivity index (χ1v) is 3.84. The van der Waals surface area contributed by atoms with Crippen molar-refractivity contribution in [3.63, 3.8) is 0 Å². The molecule has 0 aromatic heterocycles. The lowest BCUT2D eigenvalue weighted by Crippen LogP contribution is -2.16. The third-order valence-corrected chi connectivity index (χ3v) is 1.08. The maximum atomic E-state index is 10.7. The SMILES string of the molecule is CC(=O)CC(=O)OOC(=O)C(C)C. The molecule has 0 saturated heterocycles. The molecule has 0 spiro atoms. The summed E-state index contributed by atoms with van der Waals surface area (Å²) in [6, 6.07) is 0. The van der Waals surface area contributed by atoms with Crippen LogP contribution in [0, 0.1) is 5.92 Å². The van der Waals surface area contributed by atoms with E-state index in [9.17, 15) is 14.4 Å². The number of ketones is 1. The van der Waals surface area contributed by atoms with Crippen LogP contribution in [0.3, 0.4) is 0 Å². The van der Waals surface area contributed by atoms with Crippen molar-refractivity contribution in [2.75, 3.05) is 0 Å². The summed E-state index contributed by atoms with van der Waals surface area (Å²) in [5, 5.41) is 0. The molecule has 5 heteroatoms. The van der Waals surface area contributed by atoms with Crippen molar-refractivity contribution in [3.05, 3.63) is 0 Å². The van der Waals surface area contributed by atoms with E-state index in [0.717, 1.165) is 0 Å². The maximum absolute atomic E-state index is 10.7. The number of hydrogen-bond donors (Lipinski definition) is 0. The van der Waals surface area contributed by atoms with Gasteiger partial charge < -0.3 is 0 Å². The lowest BCUT2D eigenvalue weighted by Gasteiger charge is -2.03. The molecular weight excluding hydrogens is 176 g/mol. The van der Waals surface area contributed by atoms with Gasteiger partial charge in [0, 0.05) is 0 Å². The zero-order valence-electron chi connectivity index (χ0n) is 7.83. The van der Waals surface area contributed by atoms with Crippen LogP contribution in [-0.4, -0.2) is 17.7 Å². The number of rotatable bonds is 3. The summed E-state index contributed by atoms with van der Waals surface area (Å²) in [5.41, 5.74) is 0. The van der Waals surface area contributed by atoms with Gasteiger partial charge in [-0.25, -0.2) is 19.4 Å². The summed E-state index contributed by atoms with van der Waals surface area (Å²) in [7, 11) is 0. The Morgan fingerprint density at radius 2 is 1.69 bits per heavy atom. The fraction of sp³-hybridized carbons (Fsp3) is 0.625. The highest BCUT2D eigenvalue weighted by Crippen LogP contribution is 1.97. The van der Waals surface area contributed by atoms with Gasteiger partial charge in [-0.2, -0.15) is 0 Å². The van der Waals surface area contributed by atoms with Crippen LogP contribution in [0.5, 0.6) is 0 Å². The second-order valence-corrected chi connectivity index (χ2v) is 2.89. The van der Waals surface area contributed by atoms with Crippen LogP contribution >= 0.6 is 0 Å². The van der Waals surface area contributed by atoms with Crippen LogP contribution in [0.1, 0.15) is 27.2 Å². The van der Waals surface area contributed by atoms with E-state index in [-0.39, 0.29) is 18.1 Å². The minimum Gasteiger partial charge on any atom is -0.299 e. The first-order valence-electron chi connectivity index (χ1n) is 3.84. The Labute approximate surface area is 75.9 Å². The smallest absolute Gasteiger partial charge is 0.299 e. The van der Waals surface area contributed by atoms with Gasteiger partial charge in [0.05, 0.1) is 5.92 Å². The van der Waals surface area contributed by atoms with Crippen molar-refractivity contribution in [3.8, 4) is 0 Å². The highest BCUT2D eigenvalue weighted by atomic mass is 17.2. The molecule has 0 amide bonds. The normalized spacial score (nSPS) is 9.54. The number of carbonyl (C=O) groups excluding carboxylic acids is 3. The lowest BCUT2D eigenvalue weighted by molar-refractivity contribution is -0.261. The molecule has 0 unspecified atom stereocenters. The molecule has 74 valence electrons. The van der Waals surface area contributed by atoms with Gasteiger partial charge in [-0.15, -0.1) is 0 Å². The summed E-state index contributed by atoms with van der Waals surface area (Å²) in [6.45, 7) is 4.44. The van der Waals surface area contributed by atoms with Crippen LogP contribution < -0.4 is 0 Å². The molecule has 0 bridgehead atoms. The first kappa shape index (κ1) is 11.6. The fourth-order valence-corrected chi connectivity index (χ4v) is 0.416. The van der Waals surface area contributed by atoms with Gasteiger partial charge in [0.25, 0.3) is 0 Å². The van der Waals surface area contributed by atoms with E-state index in [1.807, 2.05) is 0 Å². The molecule has 0 atom stereocenters. The predicted molar refractivity (Wildman–Crippen MR) is 42.3 cm³/mol. The van der Waals surface area contributed by atoms with Crippen molar-refractivity contribution in [2.45, 2.75) is 27.2 Å². The average Bonchev–Trinajstić information content (AvgIpc) is 1.98. The first-order chi connectivity index (χ1) is 5.93. The highest BCUT2D eigenvalue weighted by Gasteiger charge is 2.14. The predicted octanol–water partition coefficient (Wildman–Crippen LogP) is 0.623. The molecule has 13 heavy (non-hydrogen) atoms. The summed E-state index contributed by atoms with van der Waals surface area (Å²) >= 11 is 0. The molecule has 0 aliphatic rings. The Morgan fingerprint density at radius 1 is 1.15 bits per heavy atom. The van der Waals surface area contributed by atoms with Gasteiger partial charge in [0.1, 0.15) is 12.2 Å². The van der Waals surface area contributed by atoms with E-state index < -0.39 is 11.9 Å². The quantitative estimate of drug-likeness (QED) is 0.369. The topological polar surface area (TPSA) is 69.7 Å². The molecule has 0 saturated carbocycles. The average molecular weight is 188 g/mol. The van der Waals surface area contributed by atoms with Crippen LogP contribution in [0.2, 0.25) is 0 Å². The lowest BCUT2D eigenvalue weighted by atomic mass is 10.2.